The Hall–Kier alpha value is -2.60. The molecule has 0 aliphatic carbocycles. The zero-order valence-corrected chi connectivity index (χ0v) is 12.8. The van der Waals surface area contributed by atoms with E-state index in [4.69, 9.17) is 16.6 Å². The van der Waals surface area contributed by atoms with Crippen molar-refractivity contribution in [1.82, 2.24) is 9.78 Å². The lowest BCUT2D eigenvalue weighted by molar-refractivity contribution is 0.475. The van der Waals surface area contributed by atoms with E-state index in [2.05, 4.69) is 10.4 Å². The molecule has 0 aliphatic heterocycles. The van der Waals surface area contributed by atoms with Crippen molar-refractivity contribution in [2.45, 2.75) is 13.6 Å². The molecule has 0 radical (unpaired) electrons. The first-order chi connectivity index (χ1) is 10.6. The maximum Gasteiger partial charge on any atom is 0.289 e. The van der Waals surface area contributed by atoms with Gasteiger partial charge >= 0.3 is 0 Å². The van der Waals surface area contributed by atoms with Gasteiger partial charge in [-0.3, -0.25) is 0 Å². The average Bonchev–Trinajstić information content (AvgIpc) is 2.87. The van der Waals surface area contributed by atoms with E-state index in [0.29, 0.717) is 17.4 Å². The van der Waals surface area contributed by atoms with Gasteiger partial charge in [0.2, 0.25) is 5.89 Å². The Morgan fingerprint density at radius 2 is 2.00 bits per heavy atom. The number of hydrogen-bond donors (Lipinski definition) is 2. The number of nitrogens with one attached hydrogen (secondary N) is 1. The van der Waals surface area contributed by atoms with Crippen LogP contribution in [0.1, 0.15) is 5.56 Å². The van der Waals surface area contributed by atoms with E-state index in [1.807, 2.05) is 31.2 Å². The predicted octanol–water partition coefficient (Wildman–Crippen LogP) is 3.96. The van der Waals surface area contributed by atoms with Crippen molar-refractivity contribution in [1.29, 1.82) is 0 Å². The lowest BCUT2D eigenvalue weighted by atomic mass is 10.2. The molecule has 0 saturated carbocycles. The van der Waals surface area contributed by atoms with E-state index in [9.17, 15) is 5.11 Å². The third kappa shape index (κ3) is 3.17. The highest BCUT2D eigenvalue weighted by Gasteiger charge is 2.08. The van der Waals surface area contributed by atoms with Gasteiger partial charge in [0.1, 0.15) is 12.4 Å². The number of phenolic OH excluding ortho intramolecular Hbond substituents is 1. The van der Waals surface area contributed by atoms with Crippen LogP contribution in [0.15, 0.2) is 52.9 Å². The van der Waals surface area contributed by atoms with Gasteiger partial charge in [0.05, 0.1) is 0 Å². The molecule has 0 bridgehead atoms. The van der Waals surface area contributed by atoms with Crippen molar-refractivity contribution in [3.63, 3.8) is 0 Å². The SMILES string of the molecule is Cc1cccc(NCn2nc(-c3ccc(O)cc3)oc2=S)c1. The molecule has 0 fully saturated rings. The Morgan fingerprint density at radius 1 is 1.23 bits per heavy atom. The summed E-state index contributed by atoms with van der Waals surface area (Å²) >= 11 is 5.18. The molecule has 6 heteroatoms. The van der Waals surface area contributed by atoms with Gasteiger partial charge in [-0.05, 0) is 61.1 Å². The molecule has 2 N–H and O–H groups in total. The van der Waals surface area contributed by atoms with E-state index in [-0.39, 0.29) is 5.75 Å². The van der Waals surface area contributed by atoms with Crippen LogP contribution in [0, 0.1) is 11.8 Å². The molecule has 1 heterocycles. The zero-order valence-electron chi connectivity index (χ0n) is 12.0. The predicted molar refractivity (Wildman–Crippen MR) is 87.2 cm³/mol. The molecular formula is C16H15N3O2S. The normalized spacial score (nSPS) is 10.6. The van der Waals surface area contributed by atoms with Gasteiger partial charge in [0, 0.05) is 11.3 Å². The highest BCUT2D eigenvalue weighted by Crippen LogP contribution is 2.20. The lowest BCUT2D eigenvalue weighted by Gasteiger charge is -2.06. The van der Waals surface area contributed by atoms with Crippen molar-refractivity contribution in [2.24, 2.45) is 0 Å². The highest BCUT2D eigenvalue weighted by molar-refractivity contribution is 7.71. The summed E-state index contributed by atoms with van der Waals surface area (Å²) in [7, 11) is 0. The fourth-order valence-electron chi connectivity index (χ4n) is 2.05. The van der Waals surface area contributed by atoms with Crippen LogP contribution in [0.3, 0.4) is 0 Å². The molecule has 0 unspecified atom stereocenters. The quantitative estimate of drug-likeness (QED) is 0.714. The van der Waals surface area contributed by atoms with E-state index < -0.39 is 0 Å². The number of nitrogens with zero attached hydrogens (tertiary/aromatic N) is 2. The van der Waals surface area contributed by atoms with Crippen LogP contribution in [0.25, 0.3) is 11.5 Å². The van der Waals surface area contributed by atoms with Gasteiger partial charge in [-0.2, -0.15) is 0 Å². The zero-order chi connectivity index (χ0) is 15.5. The molecule has 22 heavy (non-hydrogen) atoms. The van der Waals surface area contributed by atoms with Crippen LogP contribution in [0.5, 0.6) is 5.75 Å². The van der Waals surface area contributed by atoms with Crippen molar-refractivity contribution < 1.29 is 9.52 Å². The molecule has 112 valence electrons. The summed E-state index contributed by atoms with van der Waals surface area (Å²) in [6.45, 7) is 2.46. The summed E-state index contributed by atoms with van der Waals surface area (Å²) in [5.41, 5.74) is 2.94. The summed E-state index contributed by atoms with van der Waals surface area (Å²) in [5.74, 6) is 0.624. The maximum absolute atomic E-state index is 9.31. The topological polar surface area (TPSA) is 63.2 Å². The largest absolute Gasteiger partial charge is 0.508 e. The summed E-state index contributed by atoms with van der Waals surface area (Å²) < 4.78 is 7.08. The van der Waals surface area contributed by atoms with Gasteiger partial charge in [0.25, 0.3) is 4.84 Å². The smallest absolute Gasteiger partial charge is 0.289 e. The minimum atomic E-state index is 0.197. The summed E-state index contributed by atoms with van der Waals surface area (Å²) in [4.78, 5) is 0.295. The number of phenols is 1. The molecule has 0 saturated heterocycles. The first-order valence-electron chi connectivity index (χ1n) is 6.80. The number of aromatic nitrogens is 2. The Morgan fingerprint density at radius 3 is 2.73 bits per heavy atom. The third-order valence-electron chi connectivity index (χ3n) is 3.17. The van der Waals surface area contributed by atoms with Gasteiger partial charge in [-0.1, -0.05) is 12.1 Å². The van der Waals surface area contributed by atoms with Crippen molar-refractivity contribution in [2.75, 3.05) is 5.32 Å². The van der Waals surface area contributed by atoms with Gasteiger partial charge in [-0.25, -0.2) is 4.68 Å². The third-order valence-corrected chi connectivity index (χ3v) is 3.47. The number of aromatic hydroxyl groups is 1. The van der Waals surface area contributed by atoms with Crippen molar-refractivity contribution >= 4 is 17.9 Å². The molecule has 3 aromatic rings. The van der Waals surface area contributed by atoms with Crippen molar-refractivity contribution in [3.05, 3.63) is 58.9 Å². The molecule has 0 atom stereocenters. The fourth-order valence-corrected chi connectivity index (χ4v) is 2.23. The minimum absolute atomic E-state index is 0.197. The van der Waals surface area contributed by atoms with Crippen LogP contribution in [0.4, 0.5) is 5.69 Å². The lowest BCUT2D eigenvalue weighted by Crippen LogP contribution is -2.09. The Balaban J connectivity index is 1.78. The van der Waals surface area contributed by atoms with E-state index in [1.54, 1.807) is 28.9 Å². The van der Waals surface area contributed by atoms with Crippen LogP contribution in [-0.4, -0.2) is 14.9 Å². The second kappa shape index (κ2) is 6.03. The minimum Gasteiger partial charge on any atom is -0.508 e. The Kier molecular flexibility index (Phi) is 3.93. The first-order valence-corrected chi connectivity index (χ1v) is 7.20. The number of hydrogen-bond acceptors (Lipinski definition) is 5. The first kappa shape index (κ1) is 14.3. The van der Waals surface area contributed by atoms with Crippen LogP contribution in [0.2, 0.25) is 0 Å². The fraction of sp³-hybridized carbons (Fsp3) is 0.125. The van der Waals surface area contributed by atoms with Gasteiger partial charge < -0.3 is 14.8 Å². The molecule has 1 aromatic heterocycles. The van der Waals surface area contributed by atoms with Crippen molar-refractivity contribution in [3.8, 4) is 17.2 Å². The molecule has 0 spiro atoms. The van der Waals surface area contributed by atoms with E-state index in [1.165, 1.54) is 5.56 Å². The molecule has 2 aromatic carbocycles. The molecule has 0 amide bonds. The number of anilines is 1. The maximum atomic E-state index is 9.31. The Bertz CT molecular complexity index is 837. The van der Waals surface area contributed by atoms with Gasteiger partial charge in [0.15, 0.2) is 0 Å². The summed E-state index contributed by atoms with van der Waals surface area (Å²) in [6, 6.07) is 14.7. The monoisotopic (exact) mass is 313 g/mol. The molecule has 5 nitrogen and oxygen atoms in total. The standard InChI is InChI=1S/C16H15N3O2S/c1-11-3-2-4-13(9-11)17-10-19-16(22)21-15(18-19)12-5-7-14(20)8-6-12/h2-9,17,20H,10H2,1H3. The highest BCUT2D eigenvalue weighted by atomic mass is 32.1. The number of benzene rings is 2. The summed E-state index contributed by atoms with van der Waals surface area (Å²) in [6.07, 6.45) is 0. The molecular weight excluding hydrogens is 298 g/mol. The molecule has 0 aliphatic rings. The second-order valence-corrected chi connectivity index (χ2v) is 5.27. The number of aryl methyl sites for hydroxylation is 1. The van der Waals surface area contributed by atoms with E-state index >= 15 is 0 Å². The second-order valence-electron chi connectivity index (χ2n) is 4.92. The Labute approximate surface area is 132 Å². The van der Waals surface area contributed by atoms with Gasteiger partial charge in [-0.15, -0.1) is 5.10 Å². The van der Waals surface area contributed by atoms with Crippen LogP contribution in [-0.2, 0) is 6.67 Å². The van der Waals surface area contributed by atoms with E-state index in [0.717, 1.165) is 11.3 Å². The number of rotatable bonds is 4. The van der Waals surface area contributed by atoms with Crippen LogP contribution >= 0.6 is 12.2 Å². The average molecular weight is 313 g/mol. The molecule has 3 rings (SSSR count). The summed E-state index contributed by atoms with van der Waals surface area (Å²) in [5, 5.41) is 16.9. The van der Waals surface area contributed by atoms with Crippen LogP contribution < -0.4 is 5.32 Å².